The molecule has 0 aliphatic carbocycles. The van der Waals surface area contributed by atoms with Crippen molar-refractivity contribution in [2.75, 3.05) is 0 Å². The molecule has 2 aliphatic rings. The highest BCUT2D eigenvalue weighted by molar-refractivity contribution is 7.85. The molecule has 8 aromatic carbocycles. The van der Waals surface area contributed by atoms with Crippen molar-refractivity contribution in [2.24, 2.45) is 0 Å². The van der Waals surface area contributed by atoms with Crippen LogP contribution in [-0.2, 0) is 9.98 Å². The van der Waals surface area contributed by atoms with Crippen molar-refractivity contribution >= 4 is 66.9 Å². The summed E-state index contributed by atoms with van der Waals surface area (Å²) >= 11 is 0. The lowest BCUT2D eigenvalue weighted by Crippen LogP contribution is -2.47. The number of hydrogen-bond donors (Lipinski definition) is 0. The smallest absolute Gasteiger partial charge is 0.171 e. The van der Waals surface area contributed by atoms with Gasteiger partial charge in [-0.3, -0.25) is 0 Å². The third-order valence-electron chi connectivity index (χ3n) is 11.6. The molecule has 1 spiro atoms. The molecule has 4 heterocycles. The Labute approximate surface area is 310 Å². The van der Waals surface area contributed by atoms with Crippen molar-refractivity contribution in [1.29, 1.82) is 0 Å². The van der Waals surface area contributed by atoms with Crippen molar-refractivity contribution in [1.82, 2.24) is 0 Å². The van der Waals surface area contributed by atoms with Crippen molar-refractivity contribution in [3.05, 3.63) is 198 Å². The molecule has 2 aliphatic heterocycles. The molecule has 2 unspecified atom stereocenters. The number of fused-ring (bicyclic) bond motifs is 14. The summed E-state index contributed by atoms with van der Waals surface area (Å²) in [7, 11) is -3.42. The van der Waals surface area contributed by atoms with Crippen LogP contribution in [0.1, 0.15) is 22.3 Å². The molecule has 0 saturated heterocycles. The van der Waals surface area contributed by atoms with Crippen LogP contribution < -0.4 is 20.7 Å². The fourth-order valence-corrected chi connectivity index (χ4v) is 12.5. The molecule has 2 atom stereocenters. The van der Waals surface area contributed by atoms with Crippen molar-refractivity contribution < 1.29 is 18.1 Å². The molecule has 4 nitrogen and oxygen atoms in total. The number of rotatable bonds is 2. The molecule has 0 N–H and O–H groups in total. The maximum absolute atomic E-state index is 16.3. The van der Waals surface area contributed by atoms with E-state index in [1.54, 1.807) is 0 Å². The van der Waals surface area contributed by atoms with Crippen LogP contribution in [0.4, 0.5) is 0 Å². The third-order valence-corrected chi connectivity index (χ3v) is 14.8. The summed E-state index contributed by atoms with van der Waals surface area (Å²) in [6, 6.07) is 60.0. The number of benzene rings is 8. The Kier molecular flexibility index (Phi) is 5.94. The quantitative estimate of drug-likeness (QED) is 0.167. The second-order valence-corrected chi connectivity index (χ2v) is 17.0. The highest BCUT2D eigenvalue weighted by Crippen LogP contribution is 2.62. The van der Waals surface area contributed by atoms with Gasteiger partial charge in [-0.15, -0.1) is 0 Å². The van der Waals surface area contributed by atoms with Gasteiger partial charge in [0, 0.05) is 54.1 Å². The number of ether oxygens (including phenoxy) is 1. The van der Waals surface area contributed by atoms with Gasteiger partial charge in [-0.1, -0.05) is 140 Å². The molecular formula is C49H29O4P. The minimum absolute atomic E-state index is 0.718. The van der Waals surface area contributed by atoms with Crippen LogP contribution in [0.2, 0.25) is 0 Å². The zero-order valence-corrected chi connectivity index (χ0v) is 29.7. The minimum atomic E-state index is -3.42. The van der Waals surface area contributed by atoms with Gasteiger partial charge >= 0.3 is 0 Å². The lowest BCUT2D eigenvalue weighted by atomic mass is 9.63. The average Bonchev–Trinajstić information content (AvgIpc) is 3.80. The van der Waals surface area contributed by atoms with E-state index >= 15 is 4.57 Å². The van der Waals surface area contributed by atoms with Crippen LogP contribution in [0.3, 0.4) is 0 Å². The van der Waals surface area contributed by atoms with Crippen LogP contribution in [0.25, 0.3) is 55.0 Å². The van der Waals surface area contributed by atoms with E-state index in [4.69, 9.17) is 13.6 Å². The number of hydrogen-bond acceptors (Lipinski definition) is 4. The summed E-state index contributed by atoms with van der Waals surface area (Å²) in [5, 5.41) is 6.56. The molecule has 0 radical (unpaired) electrons. The second kappa shape index (κ2) is 10.7. The Hall–Kier alpha value is -6.61. The summed E-state index contributed by atoms with van der Waals surface area (Å²) < 4.78 is 36.3. The molecule has 10 aromatic rings. The van der Waals surface area contributed by atoms with Crippen LogP contribution in [0, 0.1) is 0 Å². The topological polar surface area (TPSA) is 52.6 Å². The Morgan fingerprint density at radius 3 is 1.94 bits per heavy atom. The SMILES string of the molecule is O=P1(c2ccccc2)c2ccccc2C2(c3ccccc3Oc3cc(-c4cccc5c4oc4ccccc45)ccc32)c2cc3c(cc21)oc1ccccc13. The fourth-order valence-electron chi connectivity index (χ4n) is 9.35. The largest absolute Gasteiger partial charge is 0.457 e. The lowest BCUT2D eigenvalue weighted by Gasteiger charge is -2.47. The molecule has 254 valence electrons. The summed E-state index contributed by atoms with van der Waals surface area (Å²) in [5.74, 6) is 1.51. The van der Waals surface area contributed by atoms with Crippen molar-refractivity contribution in [3.8, 4) is 22.6 Å². The minimum Gasteiger partial charge on any atom is -0.457 e. The van der Waals surface area contributed by atoms with Gasteiger partial charge in [-0.05, 0) is 53.1 Å². The normalized spacial score (nSPS) is 18.4. The van der Waals surface area contributed by atoms with E-state index < -0.39 is 12.6 Å². The Morgan fingerprint density at radius 2 is 1.09 bits per heavy atom. The van der Waals surface area contributed by atoms with E-state index in [0.29, 0.717) is 0 Å². The van der Waals surface area contributed by atoms with Gasteiger partial charge in [0.1, 0.15) is 33.8 Å². The van der Waals surface area contributed by atoms with E-state index in [1.165, 1.54) is 0 Å². The van der Waals surface area contributed by atoms with Gasteiger partial charge in [-0.2, -0.15) is 0 Å². The number of para-hydroxylation sites is 4. The highest BCUT2D eigenvalue weighted by atomic mass is 31.2. The average molecular weight is 713 g/mol. The molecule has 0 saturated carbocycles. The van der Waals surface area contributed by atoms with E-state index in [0.717, 1.165) is 105 Å². The van der Waals surface area contributed by atoms with Crippen LogP contribution in [0.5, 0.6) is 11.5 Å². The Balaban J connectivity index is 1.21. The zero-order chi connectivity index (χ0) is 35.6. The Morgan fingerprint density at radius 1 is 0.426 bits per heavy atom. The molecule has 0 fully saturated rings. The monoisotopic (exact) mass is 712 g/mol. The second-order valence-electron chi connectivity index (χ2n) is 14.3. The maximum Gasteiger partial charge on any atom is 0.171 e. The summed E-state index contributed by atoms with van der Waals surface area (Å²) in [4.78, 5) is 0. The third kappa shape index (κ3) is 3.75. The first-order valence-electron chi connectivity index (χ1n) is 18.2. The van der Waals surface area contributed by atoms with Crippen LogP contribution in [-0.4, -0.2) is 0 Å². The van der Waals surface area contributed by atoms with E-state index in [9.17, 15) is 0 Å². The van der Waals surface area contributed by atoms with E-state index in [-0.39, 0.29) is 0 Å². The lowest BCUT2D eigenvalue weighted by molar-refractivity contribution is 0.435. The van der Waals surface area contributed by atoms with Crippen LogP contribution >= 0.6 is 7.14 Å². The molecular weight excluding hydrogens is 684 g/mol. The fraction of sp³-hybridized carbons (Fsp3) is 0.0204. The van der Waals surface area contributed by atoms with Crippen molar-refractivity contribution in [2.45, 2.75) is 5.41 Å². The predicted octanol–water partition coefficient (Wildman–Crippen LogP) is 11.6. The maximum atomic E-state index is 16.3. The van der Waals surface area contributed by atoms with Gasteiger partial charge in [-0.25, -0.2) is 0 Å². The van der Waals surface area contributed by atoms with Crippen molar-refractivity contribution in [3.63, 3.8) is 0 Å². The van der Waals surface area contributed by atoms with Gasteiger partial charge in [0.05, 0.1) is 5.41 Å². The first-order chi connectivity index (χ1) is 26.6. The molecule has 2 aromatic heterocycles. The standard InChI is InChI=1S/C49H29O4P/c50-54(31-13-2-1-3-14-31)46-24-11-7-20-39(46)49(40-28-36-34-16-5-8-21-41(34)51-44(36)29-47(40)54)37-19-6-10-23-43(37)52-45-27-30(25-26-38(45)49)32-17-12-18-35-33-15-4-9-22-42(33)53-48(32)35/h1-29H. The van der Waals surface area contributed by atoms with E-state index in [1.807, 2.05) is 84.9 Å². The molecule has 0 amide bonds. The Bertz CT molecular complexity index is 3240. The predicted molar refractivity (Wildman–Crippen MR) is 218 cm³/mol. The molecule has 5 heteroatoms. The summed E-state index contributed by atoms with van der Waals surface area (Å²) in [5.41, 5.74) is 8.29. The van der Waals surface area contributed by atoms with Gasteiger partial charge in [0.15, 0.2) is 7.14 Å². The van der Waals surface area contributed by atoms with Crippen LogP contribution in [0.15, 0.2) is 185 Å². The summed E-state index contributed by atoms with van der Waals surface area (Å²) in [6.07, 6.45) is 0. The van der Waals surface area contributed by atoms with E-state index in [2.05, 4.69) is 91.0 Å². The van der Waals surface area contributed by atoms with Gasteiger partial charge < -0.3 is 18.1 Å². The molecule has 12 rings (SSSR count). The molecule has 0 bridgehead atoms. The zero-order valence-electron chi connectivity index (χ0n) is 28.8. The molecule has 54 heavy (non-hydrogen) atoms. The summed E-state index contributed by atoms with van der Waals surface area (Å²) in [6.45, 7) is 0. The van der Waals surface area contributed by atoms with Gasteiger partial charge in [0.2, 0.25) is 0 Å². The number of furan rings is 2. The first-order valence-corrected chi connectivity index (χ1v) is 19.9. The highest BCUT2D eigenvalue weighted by Gasteiger charge is 2.55. The van der Waals surface area contributed by atoms with Gasteiger partial charge in [0.25, 0.3) is 0 Å². The first kappa shape index (κ1) is 29.9.